The molecule has 0 aromatic heterocycles. The van der Waals surface area contributed by atoms with E-state index < -0.39 is 68.3 Å². The predicted octanol–water partition coefficient (Wildman–Crippen LogP) is -0.799. The number of rotatable bonds is 6. The summed E-state index contributed by atoms with van der Waals surface area (Å²) in [7, 11) is 0. The van der Waals surface area contributed by atoms with Crippen LogP contribution in [0, 0.1) is 16.2 Å². The summed E-state index contributed by atoms with van der Waals surface area (Å²) in [5.74, 6) is -14.1. The van der Waals surface area contributed by atoms with Gasteiger partial charge < -0.3 is 0 Å². The normalized spacial score (nSPS) is 20.0. The lowest BCUT2D eigenvalue weighted by Gasteiger charge is -2.53. The lowest BCUT2D eigenvalue weighted by atomic mass is 9.37. The summed E-state index contributed by atoms with van der Waals surface area (Å²) in [5, 5.41) is 0. The van der Waals surface area contributed by atoms with Crippen LogP contribution >= 0.6 is 0 Å². The molecule has 0 aromatic carbocycles. The van der Waals surface area contributed by atoms with Crippen LogP contribution in [0.5, 0.6) is 0 Å². The van der Waals surface area contributed by atoms with E-state index in [2.05, 4.69) is 0 Å². The van der Waals surface area contributed by atoms with Crippen LogP contribution in [0.3, 0.4) is 0 Å². The fraction of sp³-hybridized carbons (Fsp3) is 0.500. The first kappa shape index (κ1) is 22.1. The molecule has 0 saturated heterocycles. The van der Waals surface area contributed by atoms with Gasteiger partial charge in [-0.15, -0.1) is 0 Å². The predicted molar refractivity (Wildman–Crippen MR) is 86.4 cm³/mol. The second-order valence-electron chi connectivity index (χ2n) is 6.57. The van der Waals surface area contributed by atoms with Crippen LogP contribution in [0.4, 0.5) is 0 Å². The maximum absolute atomic E-state index is 12.8. The van der Waals surface area contributed by atoms with Gasteiger partial charge in [0.2, 0.25) is 11.6 Å². The van der Waals surface area contributed by atoms with Crippen LogP contribution in [0.2, 0.25) is 0 Å². The van der Waals surface area contributed by atoms with E-state index in [4.69, 9.17) is 0 Å². The smallest absolute Gasteiger partial charge is 0.267 e. The SMILES string of the molecule is CC(=O)C1(C(C)=O)C(=O)C(=O)C(=O)C(C(C)=O)(C(C)=O)C1(C(C)=O)C(C)=O. The van der Waals surface area contributed by atoms with Crippen molar-refractivity contribution in [3.63, 3.8) is 0 Å². The Morgan fingerprint density at radius 1 is 0.481 bits per heavy atom. The second kappa shape index (κ2) is 6.33. The Hall–Kier alpha value is -2.97. The van der Waals surface area contributed by atoms with Gasteiger partial charge in [0, 0.05) is 0 Å². The van der Waals surface area contributed by atoms with Crippen molar-refractivity contribution >= 4 is 52.0 Å². The molecule has 1 aliphatic carbocycles. The van der Waals surface area contributed by atoms with Crippen LogP contribution in [-0.4, -0.2) is 52.0 Å². The van der Waals surface area contributed by atoms with Crippen molar-refractivity contribution in [2.45, 2.75) is 41.5 Å². The molecule has 0 N–H and O–H groups in total. The van der Waals surface area contributed by atoms with Crippen molar-refractivity contribution in [1.29, 1.82) is 0 Å². The molecule has 1 saturated carbocycles. The van der Waals surface area contributed by atoms with E-state index in [0.717, 1.165) is 0 Å². The average molecular weight is 378 g/mol. The van der Waals surface area contributed by atoms with Gasteiger partial charge in [-0.25, -0.2) is 0 Å². The minimum Gasteiger partial charge on any atom is -0.299 e. The number of ketones is 9. The molecule has 0 bridgehead atoms. The van der Waals surface area contributed by atoms with E-state index in [1.165, 1.54) is 0 Å². The van der Waals surface area contributed by atoms with Crippen molar-refractivity contribution in [2.75, 3.05) is 0 Å². The quantitative estimate of drug-likeness (QED) is 0.427. The zero-order valence-corrected chi connectivity index (χ0v) is 15.7. The van der Waals surface area contributed by atoms with Gasteiger partial charge in [0.15, 0.2) is 34.0 Å². The summed E-state index contributed by atoms with van der Waals surface area (Å²) < 4.78 is 0. The average Bonchev–Trinajstić information content (AvgIpc) is 2.49. The van der Waals surface area contributed by atoms with Crippen molar-refractivity contribution in [3.8, 4) is 0 Å². The molecule has 0 spiro atoms. The molecule has 144 valence electrons. The second-order valence-corrected chi connectivity index (χ2v) is 6.57. The van der Waals surface area contributed by atoms with Crippen LogP contribution < -0.4 is 0 Å². The van der Waals surface area contributed by atoms with E-state index in [1.807, 2.05) is 0 Å². The van der Waals surface area contributed by atoms with Crippen LogP contribution in [0.25, 0.3) is 0 Å². The van der Waals surface area contributed by atoms with Crippen LogP contribution in [-0.2, 0) is 43.2 Å². The Bertz CT molecular complexity index is 773. The van der Waals surface area contributed by atoms with E-state index >= 15 is 0 Å². The summed E-state index contributed by atoms with van der Waals surface area (Å²) in [6, 6.07) is 0. The molecule has 0 atom stereocenters. The van der Waals surface area contributed by atoms with Crippen molar-refractivity contribution in [1.82, 2.24) is 0 Å². The first-order chi connectivity index (χ1) is 12.1. The molecule has 9 heteroatoms. The van der Waals surface area contributed by atoms with E-state index in [1.54, 1.807) is 0 Å². The molecule has 0 aromatic rings. The van der Waals surface area contributed by atoms with Gasteiger partial charge in [0.25, 0.3) is 5.78 Å². The Morgan fingerprint density at radius 3 is 0.852 bits per heavy atom. The summed E-state index contributed by atoms with van der Waals surface area (Å²) in [6.45, 7) is 4.06. The largest absolute Gasteiger partial charge is 0.299 e. The van der Waals surface area contributed by atoms with Gasteiger partial charge in [-0.2, -0.15) is 0 Å². The maximum atomic E-state index is 12.8. The van der Waals surface area contributed by atoms with E-state index in [-0.39, 0.29) is 0 Å². The number of hydrogen-bond acceptors (Lipinski definition) is 9. The maximum Gasteiger partial charge on any atom is 0.267 e. The highest BCUT2D eigenvalue weighted by Crippen LogP contribution is 2.59. The monoisotopic (exact) mass is 378 g/mol. The minimum absolute atomic E-state index is 0.675. The lowest BCUT2D eigenvalue weighted by molar-refractivity contribution is -0.190. The molecule has 0 heterocycles. The molecule has 27 heavy (non-hydrogen) atoms. The first-order valence-corrected chi connectivity index (χ1v) is 7.84. The zero-order valence-electron chi connectivity index (χ0n) is 15.7. The molecule has 1 fully saturated rings. The molecular formula is C18H18O9. The Morgan fingerprint density at radius 2 is 0.704 bits per heavy atom. The minimum atomic E-state index is -3.28. The molecule has 9 nitrogen and oxygen atoms in total. The van der Waals surface area contributed by atoms with Gasteiger partial charge in [-0.1, -0.05) is 0 Å². The molecule has 1 aliphatic rings. The number of hydrogen-bond donors (Lipinski definition) is 0. The first-order valence-electron chi connectivity index (χ1n) is 7.84. The molecule has 0 aliphatic heterocycles. The fourth-order valence-electron chi connectivity index (χ4n) is 4.56. The van der Waals surface area contributed by atoms with Gasteiger partial charge >= 0.3 is 0 Å². The van der Waals surface area contributed by atoms with Crippen molar-refractivity contribution in [3.05, 3.63) is 0 Å². The van der Waals surface area contributed by atoms with Gasteiger partial charge in [-0.3, -0.25) is 43.2 Å². The standard InChI is InChI=1S/C18H18O9/c1-7(19)16(8(2)20)14(26)13(25)15(27)17(9(3)21,10(4)22)18(16,11(5)23)12(6)24/h1-6H3. The number of Topliss-reactive ketones (excluding diaryl/α,β-unsaturated/α-hetero) is 9. The highest BCUT2D eigenvalue weighted by Gasteiger charge is 2.85. The fourth-order valence-corrected chi connectivity index (χ4v) is 4.56. The summed E-state index contributed by atoms with van der Waals surface area (Å²) >= 11 is 0. The van der Waals surface area contributed by atoms with Gasteiger partial charge in [0.05, 0.1) is 0 Å². The molecule has 0 unspecified atom stereocenters. The molecule has 0 amide bonds. The third kappa shape index (κ3) is 2.02. The Balaban J connectivity index is 4.65. The summed E-state index contributed by atoms with van der Waals surface area (Å²) in [6.07, 6.45) is 0. The Kier molecular flexibility index (Phi) is 5.17. The van der Waals surface area contributed by atoms with Crippen molar-refractivity contribution in [2.24, 2.45) is 16.2 Å². The third-order valence-corrected chi connectivity index (χ3v) is 5.39. The molecule has 0 radical (unpaired) electrons. The highest BCUT2D eigenvalue weighted by atomic mass is 16.2. The zero-order chi connectivity index (χ0) is 21.7. The summed E-state index contributed by atoms with van der Waals surface area (Å²) in [4.78, 5) is 114. The molecule has 1 rings (SSSR count). The third-order valence-electron chi connectivity index (χ3n) is 5.39. The Labute approximate surface area is 153 Å². The summed E-state index contributed by atoms with van der Waals surface area (Å²) in [5.41, 5.74) is -9.85. The van der Waals surface area contributed by atoms with Crippen LogP contribution in [0.1, 0.15) is 41.5 Å². The van der Waals surface area contributed by atoms with Crippen LogP contribution in [0.15, 0.2) is 0 Å². The van der Waals surface area contributed by atoms with Gasteiger partial charge in [-0.05, 0) is 41.5 Å². The highest BCUT2D eigenvalue weighted by molar-refractivity contribution is 6.75. The number of carbonyl (C=O) groups excluding carboxylic acids is 9. The van der Waals surface area contributed by atoms with E-state index in [9.17, 15) is 43.2 Å². The topological polar surface area (TPSA) is 154 Å². The molecular weight excluding hydrogens is 360 g/mol. The lowest BCUT2D eigenvalue weighted by Crippen LogP contribution is -2.80. The number of carbonyl (C=O) groups is 9. The van der Waals surface area contributed by atoms with Gasteiger partial charge in [0.1, 0.15) is 17.0 Å². The van der Waals surface area contributed by atoms with Crippen molar-refractivity contribution < 1.29 is 43.2 Å². The van der Waals surface area contributed by atoms with E-state index in [0.29, 0.717) is 41.5 Å².